The number of H-pyrrole nitrogens is 1. The Bertz CT molecular complexity index is 852. The van der Waals surface area contributed by atoms with E-state index in [0.717, 1.165) is 18.2 Å². The molecule has 0 bridgehead atoms. The van der Waals surface area contributed by atoms with Crippen LogP contribution in [0.1, 0.15) is 16.1 Å². The first-order chi connectivity index (χ1) is 10.3. The number of aromatic amines is 1. The van der Waals surface area contributed by atoms with Crippen molar-refractivity contribution in [3.63, 3.8) is 0 Å². The zero-order valence-electron chi connectivity index (χ0n) is 10.7. The van der Waals surface area contributed by atoms with Gasteiger partial charge >= 0.3 is 12.2 Å². The average Bonchev–Trinajstić information content (AvgIpc) is 3.01. The predicted octanol–water partition coefficient (Wildman–Crippen LogP) is 2.40. The number of halogens is 3. The summed E-state index contributed by atoms with van der Waals surface area (Å²) in [4.78, 5) is 15.6. The summed E-state index contributed by atoms with van der Waals surface area (Å²) in [5.74, 6) is -0.669. The van der Waals surface area contributed by atoms with Crippen molar-refractivity contribution in [1.82, 2.24) is 15.2 Å². The largest absolute Gasteiger partial charge is 0.423 e. The summed E-state index contributed by atoms with van der Waals surface area (Å²) in [7, 11) is 0. The van der Waals surface area contributed by atoms with E-state index in [-0.39, 0.29) is 28.5 Å². The number of aromatic nitrogens is 3. The minimum absolute atomic E-state index is 0.00163. The Labute approximate surface area is 120 Å². The highest BCUT2D eigenvalue weighted by molar-refractivity contribution is 6.05. The fourth-order valence-electron chi connectivity index (χ4n) is 1.79. The van der Waals surface area contributed by atoms with Gasteiger partial charge in [-0.15, -0.1) is 0 Å². The molecule has 1 amide bonds. The van der Waals surface area contributed by atoms with Gasteiger partial charge in [-0.1, -0.05) is 0 Å². The van der Waals surface area contributed by atoms with Gasteiger partial charge in [-0.25, -0.2) is 0 Å². The van der Waals surface area contributed by atoms with E-state index < -0.39 is 17.6 Å². The molecule has 0 atom stereocenters. The second-order valence-corrected chi connectivity index (χ2v) is 4.35. The van der Waals surface area contributed by atoms with Crippen LogP contribution >= 0.6 is 0 Å². The van der Waals surface area contributed by atoms with Crippen molar-refractivity contribution in [3.05, 3.63) is 35.7 Å². The summed E-state index contributed by atoms with van der Waals surface area (Å²) in [5, 5.41) is 8.25. The van der Waals surface area contributed by atoms with Gasteiger partial charge in [-0.05, 0) is 18.2 Å². The molecule has 0 spiro atoms. The number of fused-ring (bicyclic) bond motifs is 1. The number of carbonyl (C=O) groups excluding carboxylic acids is 1. The Morgan fingerprint density at radius 1 is 1.36 bits per heavy atom. The molecule has 10 heteroatoms. The highest BCUT2D eigenvalue weighted by Gasteiger charge is 2.31. The molecule has 0 radical (unpaired) electrons. The first-order valence-corrected chi connectivity index (χ1v) is 5.92. The highest BCUT2D eigenvalue weighted by Crippen LogP contribution is 2.32. The molecule has 2 heterocycles. The van der Waals surface area contributed by atoms with E-state index in [1.807, 2.05) is 0 Å². The molecule has 2 aromatic heterocycles. The van der Waals surface area contributed by atoms with Gasteiger partial charge in [0.1, 0.15) is 11.2 Å². The Morgan fingerprint density at radius 3 is 2.77 bits per heavy atom. The second kappa shape index (κ2) is 4.76. The molecule has 3 aromatic rings. The Hall–Kier alpha value is -3.04. The number of nitrogens with zero attached hydrogens (tertiary/aromatic N) is 2. The van der Waals surface area contributed by atoms with E-state index in [1.165, 1.54) is 6.20 Å². The second-order valence-electron chi connectivity index (χ2n) is 4.35. The third kappa shape index (κ3) is 2.45. The minimum atomic E-state index is -4.49. The van der Waals surface area contributed by atoms with Gasteiger partial charge < -0.3 is 10.2 Å². The molecule has 0 aliphatic carbocycles. The SMILES string of the molecule is Nc1cn[nH]c1C(=O)Nc1nc2cc(C(F)(F)F)ccc2o1. The normalized spacial score (nSPS) is 11.8. The molecular weight excluding hydrogens is 303 g/mol. The van der Waals surface area contributed by atoms with Gasteiger partial charge in [-0.2, -0.15) is 23.3 Å². The number of nitrogen functional groups attached to an aromatic ring is 1. The average molecular weight is 311 g/mol. The van der Waals surface area contributed by atoms with Crippen molar-refractivity contribution in [2.45, 2.75) is 6.18 Å². The zero-order valence-corrected chi connectivity index (χ0v) is 10.7. The number of nitrogens with one attached hydrogen (secondary N) is 2. The maximum Gasteiger partial charge on any atom is 0.416 e. The summed E-state index contributed by atoms with van der Waals surface area (Å²) in [6.07, 6.45) is -3.24. The fourth-order valence-corrected chi connectivity index (χ4v) is 1.79. The minimum Gasteiger partial charge on any atom is -0.423 e. The highest BCUT2D eigenvalue weighted by atomic mass is 19.4. The molecule has 22 heavy (non-hydrogen) atoms. The standard InChI is InChI=1S/C12H8F3N5O2/c13-12(14,15)5-1-2-8-7(3-5)18-11(22-8)19-10(21)9-6(16)4-17-20-9/h1-4H,16H2,(H,17,20)(H,18,19,21). The van der Waals surface area contributed by atoms with Gasteiger partial charge in [0.2, 0.25) is 0 Å². The molecule has 4 N–H and O–H groups in total. The van der Waals surface area contributed by atoms with E-state index in [1.54, 1.807) is 0 Å². The quantitative estimate of drug-likeness (QED) is 0.673. The van der Waals surface area contributed by atoms with E-state index in [2.05, 4.69) is 20.5 Å². The smallest absolute Gasteiger partial charge is 0.416 e. The summed E-state index contributed by atoms with van der Waals surface area (Å²) in [6.45, 7) is 0. The third-order valence-corrected chi connectivity index (χ3v) is 2.83. The number of amides is 1. The first kappa shape index (κ1) is 13.9. The lowest BCUT2D eigenvalue weighted by atomic mass is 10.2. The number of benzene rings is 1. The van der Waals surface area contributed by atoms with Crippen molar-refractivity contribution in [3.8, 4) is 0 Å². The van der Waals surface area contributed by atoms with Crippen LogP contribution in [-0.4, -0.2) is 21.1 Å². The van der Waals surface area contributed by atoms with Crippen LogP contribution in [0.15, 0.2) is 28.8 Å². The molecule has 114 valence electrons. The molecular formula is C12H8F3N5O2. The van der Waals surface area contributed by atoms with Gasteiger partial charge in [0.15, 0.2) is 5.58 Å². The summed E-state index contributed by atoms with van der Waals surface area (Å²) < 4.78 is 43.0. The third-order valence-electron chi connectivity index (χ3n) is 2.83. The number of nitrogens with two attached hydrogens (primary N) is 1. The van der Waals surface area contributed by atoms with Gasteiger partial charge in [0.25, 0.3) is 5.91 Å². The Balaban J connectivity index is 1.89. The molecule has 1 aromatic carbocycles. The molecule has 7 nitrogen and oxygen atoms in total. The summed E-state index contributed by atoms with van der Waals surface area (Å²) >= 11 is 0. The number of anilines is 2. The summed E-state index contributed by atoms with van der Waals surface area (Å²) in [6, 6.07) is 2.59. The Kier molecular flexibility index (Phi) is 3.01. The number of oxazole rings is 1. The van der Waals surface area contributed by atoms with E-state index in [4.69, 9.17) is 10.2 Å². The number of hydrogen-bond donors (Lipinski definition) is 3. The van der Waals surface area contributed by atoms with Crippen molar-refractivity contribution in [1.29, 1.82) is 0 Å². The van der Waals surface area contributed by atoms with Crippen LogP contribution in [0.4, 0.5) is 24.9 Å². The molecule has 0 unspecified atom stereocenters. The topological polar surface area (TPSA) is 110 Å². The van der Waals surface area contributed by atoms with Crippen LogP contribution in [0.5, 0.6) is 0 Å². The summed E-state index contributed by atoms with van der Waals surface area (Å²) in [5.41, 5.74) is 4.85. The van der Waals surface area contributed by atoms with Crippen LogP contribution in [0.2, 0.25) is 0 Å². The molecule has 0 aliphatic rings. The van der Waals surface area contributed by atoms with Crippen molar-refractivity contribution >= 4 is 28.7 Å². The first-order valence-electron chi connectivity index (χ1n) is 5.92. The van der Waals surface area contributed by atoms with Crippen molar-refractivity contribution < 1.29 is 22.4 Å². The van der Waals surface area contributed by atoms with E-state index >= 15 is 0 Å². The number of hydrogen-bond acceptors (Lipinski definition) is 5. The van der Waals surface area contributed by atoms with Crippen LogP contribution in [0.25, 0.3) is 11.1 Å². The van der Waals surface area contributed by atoms with Gasteiger partial charge in [0.05, 0.1) is 17.4 Å². The van der Waals surface area contributed by atoms with Crippen LogP contribution in [-0.2, 0) is 6.18 Å². The van der Waals surface area contributed by atoms with Gasteiger partial charge in [0, 0.05) is 0 Å². The molecule has 0 fully saturated rings. The zero-order chi connectivity index (χ0) is 15.9. The number of rotatable bonds is 2. The lowest BCUT2D eigenvalue weighted by Gasteiger charge is -2.04. The van der Waals surface area contributed by atoms with Crippen LogP contribution in [0.3, 0.4) is 0 Å². The van der Waals surface area contributed by atoms with Crippen molar-refractivity contribution in [2.75, 3.05) is 11.1 Å². The van der Waals surface area contributed by atoms with Crippen LogP contribution in [0, 0.1) is 0 Å². The lowest BCUT2D eigenvalue weighted by Crippen LogP contribution is -2.14. The van der Waals surface area contributed by atoms with E-state index in [9.17, 15) is 18.0 Å². The molecule has 0 aliphatic heterocycles. The molecule has 0 saturated carbocycles. The fraction of sp³-hybridized carbons (Fsp3) is 0.0833. The molecule has 3 rings (SSSR count). The lowest BCUT2D eigenvalue weighted by molar-refractivity contribution is -0.137. The van der Waals surface area contributed by atoms with Crippen LogP contribution < -0.4 is 11.1 Å². The maximum atomic E-state index is 12.6. The monoisotopic (exact) mass is 311 g/mol. The number of carbonyl (C=O) groups is 1. The number of alkyl halides is 3. The molecule has 0 saturated heterocycles. The van der Waals surface area contributed by atoms with Gasteiger partial charge in [-0.3, -0.25) is 15.2 Å². The Morgan fingerprint density at radius 2 is 2.14 bits per heavy atom. The van der Waals surface area contributed by atoms with E-state index in [0.29, 0.717) is 0 Å². The van der Waals surface area contributed by atoms with Crippen molar-refractivity contribution in [2.24, 2.45) is 0 Å². The predicted molar refractivity (Wildman–Crippen MR) is 70.0 cm³/mol. The maximum absolute atomic E-state index is 12.6.